The number of piperidine rings is 1. The number of rotatable bonds is 0. The molecule has 3 heterocycles. The van der Waals surface area contributed by atoms with Gasteiger partial charge in [0, 0.05) is 0 Å². The zero-order valence-electron chi connectivity index (χ0n) is 13.2. The van der Waals surface area contributed by atoms with E-state index < -0.39 is 0 Å². The Bertz CT molecular complexity index is 526. The Balaban J connectivity index is 0.000000131. The highest BCUT2D eigenvalue weighted by Crippen LogP contribution is 2.26. The number of amides is 1. The molecule has 3 aliphatic heterocycles. The number of carbonyl (C=O) groups excluding carboxylic acids is 1. The van der Waals surface area contributed by atoms with Gasteiger partial charge in [-0.15, -0.1) is 0 Å². The summed E-state index contributed by atoms with van der Waals surface area (Å²) in [6.07, 6.45) is 4.54. The average molecular weight is 303 g/mol. The van der Waals surface area contributed by atoms with Gasteiger partial charge in [-0.1, -0.05) is 18.2 Å². The Morgan fingerprint density at radius 3 is 2.73 bits per heavy atom. The second-order valence-corrected chi connectivity index (χ2v) is 6.27. The molecule has 5 heteroatoms. The maximum absolute atomic E-state index is 11.3. The van der Waals surface area contributed by atoms with Gasteiger partial charge in [-0.3, -0.25) is 10.1 Å². The molecule has 0 aromatic heterocycles. The van der Waals surface area contributed by atoms with Crippen LogP contribution in [0, 0.1) is 0 Å². The van der Waals surface area contributed by atoms with Gasteiger partial charge in [-0.2, -0.15) is 0 Å². The summed E-state index contributed by atoms with van der Waals surface area (Å²) >= 11 is 0. The summed E-state index contributed by atoms with van der Waals surface area (Å²) < 4.78 is 5.63. The molecular formula is C17H25N3O2. The van der Waals surface area contributed by atoms with Crippen LogP contribution in [0.5, 0.6) is 5.75 Å². The van der Waals surface area contributed by atoms with E-state index in [9.17, 15) is 4.79 Å². The average Bonchev–Trinajstić information content (AvgIpc) is 2.89. The van der Waals surface area contributed by atoms with Crippen LogP contribution in [0.15, 0.2) is 24.3 Å². The smallest absolute Gasteiger partial charge is 0.241 e. The van der Waals surface area contributed by atoms with Crippen molar-refractivity contribution >= 4 is 5.91 Å². The fourth-order valence-electron chi connectivity index (χ4n) is 3.26. The molecule has 4 rings (SSSR count). The minimum atomic E-state index is -0.231. The lowest BCUT2D eigenvalue weighted by molar-refractivity contribution is -0.124. The largest absolute Gasteiger partial charge is 0.490 e. The number of carbonyl (C=O) groups is 1. The van der Waals surface area contributed by atoms with Gasteiger partial charge in [0.05, 0.1) is 12.8 Å². The predicted molar refractivity (Wildman–Crippen MR) is 85.8 cm³/mol. The van der Waals surface area contributed by atoms with Crippen LogP contribution in [-0.4, -0.2) is 37.3 Å². The van der Waals surface area contributed by atoms with Crippen molar-refractivity contribution in [1.29, 1.82) is 0 Å². The highest BCUT2D eigenvalue weighted by atomic mass is 16.5. The molecule has 3 aliphatic rings. The summed E-state index contributed by atoms with van der Waals surface area (Å²) in [7, 11) is 0. The van der Waals surface area contributed by atoms with E-state index in [-0.39, 0.29) is 11.4 Å². The number of nitrogens with one attached hydrogen (secondary N) is 3. The van der Waals surface area contributed by atoms with Crippen LogP contribution in [0.1, 0.15) is 31.7 Å². The number of hydrogen-bond donors (Lipinski definition) is 3. The van der Waals surface area contributed by atoms with E-state index in [2.05, 4.69) is 35.0 Å². The van der Waals surface area contributed by atoms with Crippen molar-refractivity contribution in [2.75, 3.05) is 19.8 Å². The van der Waals surface area contributed by atoms with Crippen molar-refractivity contribution in [2.24, 2.45) is 0 Å². The van der Waals surface area contributed by atoms with E-state index >= 15 is 0 Å². The monoisotopic (exact) mass is 303 g/mol. The highest BCUT2D eigenvalue weighted by molar-refractivity contribution is 5.88. The molecule has 1 aromatic carbocycles. The van der Waals surface area contributed by atoms with E-state index in [0.29, 0.717) is 12.8 Å². The van der Waals surface area contributed by atoms with Crippen molar-refractivity contribution in [3.05, 3.63) is 29.8 Å². The van der Waals surface area contributed by atoms with Crippen molar-refractivity contribution < 1.29 is 9.53 Å². The molecule has 1 unspecified atom stereocenters. The molecule has 3 N–H and O–H groups in total. The summed E-state index contributed by atoms with van der Waals surface area (Å²) in [4.78, 5) is 11.3. The Hall–Kier alpha value is -1.59. The second-order valence-electron chi connectivity index (χ2n) is 6.27. The first-order chi connectivity index (χ1) is 10.7. The van der Waals surface area contributed by atoms with Crippen LogP contribution in [0.4, 0.5) is 0 Å². The van der Waals surface area contributed by atoms with Crippen molar-refractivity contribution in [3.8, 4) is 5.75 Å². The van der Waals surface area contributed by atoms with Crippen LogP contribution in [0.3, 0.4) is 0 Å². The third kappa shape index (κ3) is 3.25. The molecule has 0 saturated carbocycles. The van der Waals surface area contributed by atoms with Gasteiger partial charge in [-0.25, -0.2) is 0 Å². The second kappa shape index (κ2) is 6.67. The third-order valence-electron chi connectivity index (χ3n) is 4.69. The molecule has 1 spiro atoms. The predicted octanol–water partition coefficient (Wildman–Crippen LogP) is 1.19. The minimum absolute atomic E-state index is 0.180. The van der Waals surface area contributed by atoms with E-state index in [0.717, 1.165) is 44.5 Å². The Labute approximate surface area is 131 Å². The molecule has 5 nitrogen and oxygen atoms in total. The number of benzene rings is 1. The summed E-state index contributed by atoms with van der Waals surface area (Å²) in [5, 5.41) is 9.26. The van der Waals surface area contributed by atoms with E-state index in [1.165, 1.54) is 5.56 Å². The van der Waals surface area contributed by atoms with Crippen molar-refractivity contribution in [2.45, 2.75) is 44.2 Å². The molecule has 0 bridgehead atoms. The molecule has 0 aliphatic carbocycles. The van der Waals surface area contributed by atoms with Crippen LogP contribution in [0.2, 0.25) is 0 Å². The zero-order chi connectivity index (χ0) is 15.4. The fourth-order valence-corrected chi connectivity index (χ4v) is 3.26. The van der Waals surface area contributed by atoms with Crippen LogP contribution in [-0.2, 0) is 11.2 Å². The van der Waals surface area contributed by atoms with Crippen molar-refractivity contribution in [3.63, 3.8) is 0 Å². The maximum atomic E-state index is 11.3. The van der Waals surface area contributed by atoms with Gasteiger partial charge in [0.25, 0.3) is 0 Å². The van der Waals surface area contributed by atoms with Crippen LogP contribution in [0.25, 0.3) is 0 Å². The topological polar surface area (TPSA) is 62.4 Å². The molecule has 0 radical (unpaired) electrons. The molecule has 120 valence electrons. The lowest BCUT2D eigenvalue weighted by Gasteiger charge is -2.30. The van der Waals surface area contributed by atoms with Gasteiger partial charge in [-0.05, 0) is 57.3 Å². The molecule has 1 amide bonds. The fraction of sp³-hybridized carbons (Fsp3) is 0.588. The Kier molecular flexibility index (Phi) is 4.64. The van der Waals surface area contributed by atoms with Gasteiger partial charge in [0.2, 0.25) is 5.91 Å². The lowest BCUT2D eigenvalue weighted by Crippen LogP contribution is -2.53. The maximum Gasteiger partial charge on any atom is 0.241 e. The number of ether oxygens (including phenoxy) is 1. The van der Waals surface area contributed by atoms with Gasteiger partial charge >= 0.3 is 0 Å². The zero-order valence-corrected chi connectivity index (χ0v) is 13.2. The van der Waals surface area contributed by atoms with E-state index in [1.807, 2.05) is 12.1 Å². The first-order valence-electron chi connectivity index (χ1n) is 8.18. The van der Waals surface area contributed by atoms with Gasteiger partial charge in [0.15, 0.2) is 0 Å². The molecule has 1 atom stereocenters. The van der Waals surface area contributed by atoms with Gasteiger partial charge in [0.1, 0.15) is 11.3 Å². The minimum Gasteiger partial charge on any atom is -0.490 e. The SMILES string of the molecule is CC1CCc2ccccc2O1.O=C1NCNC12CCNCC2. The summed E-state index contributed by atoms with van der Waals surface area (Å²) in [6, 6.07) is 8.28. The normalized spacial score (nSPS) is 25.5. The first-order valence-corrected chi connectivity index (χ1v) is 8.18. The van der Waals surface area contributed by atoms with E-state index in [4.69, 9.17) is 4.74 Å². The lowest BCUT2D eigenvalue weighted by atomic mass is 9.89. The quantitative estimate of drug-likeness (QED) is 0.674. The summed E-state index contributed by atoms with van der Waals surface area (Å²) in [5.41, 5.74) is 1.12. The molecular weight excluding hydrogens is 278 g/mol. The number of aryl methyl sites for hydroxylation is 1. The number of para-hydroxylation sites is 1. The molecule has 2 saturated heterocycles. The van der Waals surface area contributed by atoms with E-state index in [1.54, 1.807) is 0 Å². The van der Waals surface area contributed by atoms with Crippen molar-refractivity contribution in [1.82, 2.24) is 16.0 Å². The van der Waals surface area contributed by atoms with Crippen LogP contribution < -0.4 is 20.7 Å². The highest BCUT2D eigenvalue weighted by Gasteiger charge is 2.42. The Morgan fingerprint density at radius 2 is 2.00 bits per heavy atom. The third-order valence-corrected chi connectivity index (χ3v) is 4.69. The number of fused-ring (bicyclic) bond motifs is 1. The van der Waals surface area contributed by atoms with Gasteiger partial charge < -0.3 is 15.4 Å². The summed E-state index contributed by atoms with van der Waals surface area (Å²) in [6.45, 7) is 4.65. The first kappa shape index (κ1) is 15.3. The summed E-state index contributed by atoms with van der Waals surface area (Å²) in [5.74, 6) is 1.25. The Morgan fingerprint density at radius 1 is 1.23 bits per heavy atom. The standard InChI is InChI=1S/C10H12O.C7H13N3O/c1-8-6-7-9-4-2-3-5-10(9)11-8;11-6-7(10-5-9-6)1-3-8-4-2-7/h2-5,8H,6-7H2,1H3;8,10H,1-5H2,(H,9,11). The molecule has 22 heavy (non-hydrogen) atoms. The van der Waals surface area contributed by atoms with Crippen LogP contribution >= 0.6 is 0 Å². The molecule has 1 aromatic rings. The molecule has 2 fully saturated rings. The number of hydrogen-bond acceptors (Lipinski definition) is 4.